The van der Waals surface area contributed by atoms with Gasteiger partial charge in [-0.15, -0.1) is 5.10 Å². The van der Waals surface area contributed by atoms with Gasteiger partial charge in [0.2, 0.25) is 0 Å². The highest BCUT2D eigenvalue weighted by Gasteiger charge is 2.70. The van der Waals surface area contributed by atoms with Crippen LogP contribution in [0.25, 0.3) is 0 Å². The molecule has 1 aliphatic heterocycles. The molecule has 10 heteroatoms. The summed E-state index contributed by atoms with van der Waals surface area (Å²) in [4.78, 5) is 15.1. The largest absolute Gasteiger partial charge is 0.481 e. The van der Waals surface area contributed by atoms with Crippen LogP contribution in [0.2, 0.25) is 0 Å². The van der Waals surface area contributed by atoms with Gasteiger partial charge in [0, 0.05) is 16.4 Å². The van der Waals surface area contributed by atoms with Crippen molar-refractivity contribution >= 4 is 11.9 Å². The van der Waals surface area contributed by atoms with Gasteiger partial charge in [-0.05, 0) is 103 Å². The van der Waals surface area contributed by atoms with E-state index in [9.17, 15) is 9.90 Å². The molecule has 0 spiro atoms. The van der Waals surface area contributed by atoms with E-state index in [2.05, 4.69) is 90.7 Å². The van der Waals surface area contributed by atoms with Crippen molar-refractivity contribution in [2.75, 3.05) is 25.6 Å². The van der Waals surface area contributed by atoms with E-state index < -0.39 is 11.5 Å². The van der Waals surface area contributed by atoms with Crippen LogP contribution >= 0.6 is 0 Å². The standard InChI is InChI=1S/C38H64N6O4/c1-21(2)16-34(7,40)18-48-31-27(44-42-33(39)41-43-44)17-38-20-47-19-37(31,10)28(38)12-11-25-26(38)15-23(5)29-30(32(45)46)35(8,24(6)22(3)4)13-14-36(25,29)9/h15,21-25,27-31H,11-14,16-20,40H2,1-10H3,(H2,39,42)(H,45,46)/t23?,24-,25+,27-,28+,29+,30+,31+,34-,35-,36+,37-,38+/m1/s1. The van der Waals surface area contributed by atoms with E-state index >= 15 is 0 Å². The van der Waals surface area contributed by atoms with Gasteiger partial charge in [-0.2, -0.15) is 4.80 Å². The number of aromatic nitrogens is 4. The molecule has 1 saturated heterocycles. The molecule has 2 bridgehead atoms. The van der Waals surface area contributed by atoms with Crippen molar-refractivity contribution in [3.63, 3.8) is 0 Å². The molecule has 3 saturated carbocycles. The van der Waals surface area contributed by atoms with E-state index in [1.54, 1.807) is 4.80 Å². The quantitative estimate of drug-likeness (QED) is 0.254. The molecule has 48 heavy (non-hydrogen) atoms. The van der Waals surface area contributed by atoms with Crippen LogP contribution in [0.5, 0.6) is 0 Å². The van der Waals surface area contributed by atoms with Gasteiger partial charge in [0.25, 0.3) is 5.95 Å². The number of anilines is 1. The number of hydrogen-bond donors (Lipinski definition) is 3. The summed E-state index contributed by atoms with van der Waals surface area (Å²) in [6.45, 7) is 24.3. The number of aliphatic carboxylic acids is 1. The normalized spacial score (nSPS) is 44.3. The van der Waals surface area contributed by atoms with Gasteiger partial charge in [-0.3, -0.25) is 4.79 Å². The Labute approximate surface area is 288 Å². The summed E-state index contributed by atoms with van der Waals surface area (Å²) in [6.07, 6.45) is 8.00. The van der Waals surface area contributed by atoms with Gasteiger partial charge in [-0.1, -0.05) is 79.1 Å². The predicted octanol–water partition coefficient (Wildman–Crippen LogP) is 6.39. The number of carboxylic acid groups (broad SMARTS) is 1. The second-order valence-electron chi connectivity index (χ2n) is 18.9. The van der Waals surface area contributed by atoms with Gasteiger partial charge in [0.1, 0.15) is 6.04 Å². The Bertz CT molecular complexity index is 1410. The first kappa shape index (κ1) is 35.8. The smallest absolute Gasteiger partial charge is 0.307 e. The lowest BCUT2D eigenvalue weighted by Crippen LogP contribution is -2.68. The maximum atomic E-state index is 13.4. The Kier molecular flexibility index (Phi) is 8.97. The van der Waals surface area contributed by atoms with Crippen LogP contribution < -0.4 is 11.5 Å². The van der Waals surface area contributed by atoms with E-state index in [0.29, 0.717) is 49.4 Å². The van der Waals surface area contributed by atoms with Crippen molar-refractivity contribution in [3.8, 4) is 0 Å². The fraction of sp³-hybridized carbons (Fsp3) is 0.895. The van der Waals surface area contributed by atoms with Crippen LogP contribution in [0.3, 0.4) is 0 Å². The number of nitrogen functional groups attached to an aromatic ring is 1. The highest BCUT2D eigenvalue weighted by Crippen LogP contribution is 2.73. The average Bonchev–Trinajstić information content (AvgIpc) is 3.41. The number of nitrogens with two attached hydrogens (primary N) is 2. The maximum Gasteiger partial charge on any atom is 0.307 e. The third-order valence-corrected chi connectivity index (χ3v) is 14.9. The fourth-order valence-electron chi connectivity index (χ4n) is 12.7. The van der Waals surface area contributed by atoms with E-state index in [1.165, 1.54) is 5.57 Å². The molecule has 1 aromatic heterocycles. The second-order valence-corrected chi connectivity index (χ2v) is 18.9. The predicted molar refractivity (Wildman–Crippen MR) is 187 cm³/mol. The molecular weight excluding hydrogens is 604 g/mol. The first-order chi connectivity index (χ1) is 22.3. The van der Waals surface area contributed by atoms with E-state index in [-0.39, 0.29) is 57.5 Å². The molecule has 5 aliphatic rings. The fourth-order valence-corrected chi connectivity index (χ4v) is 12.7. The highest BCUT2D eigenvalue weighted by molar-refractivity contribution is 5.72. The summed E-state index contributed by atoms with van der Waals surface area (Å²) in [7, 11) is 0. The van der Waals surface area contributed by atoms with Crippen molar-refractivity contribution in [1.29, 1.82) is 0 Å². The number of carbonyl (C=O) groups is 1. The Morgan fingerprint density at radius 3 is 2.46 bits per heavy atom. The van der Waals surface area contributed by atoms with Crippen molar-refractivity contribution < 1.29 is 19.4 Å². The third kappa shape index (κ3) is 5.37. The third-order valence-electron chi connectivity index (χ3n) is 14.9. The first-order valence-corrected chi connectivity index (χ1v) is 18.8. The summed E-state index contributed by atoms with van der Waals surface area (Å²) in [6, 6.07) is -0.191. The number of rotatable bonds is 9. The van der Waals surface area contributed by atoms with Crippen LogP contribution in [0.15, 0.2) is 11.6 Å². The number of carboxylic acids is 1. The van der Waals surface area contributed by atoms with Gasteiger partial charge in [-0.25, -0.2) is 0 Å². The molecular formula is C38H64N6O4. The second kappa shape index (κ2) is 12.0. The number of fused-ring (bicyclic) bond motifs is 3. The molecule has 1 unspecified atom stereocenters. The topological polar surface area (TPSA) is 151 Å². The summed E-state index contributed by atoms with van der Waals surface area (Å²) >= 11 is 0. The van der Waals surface area contributed by atoms with E-state index in [0.717, 1.165) is 38.5 Å². The summed E-state index contributed by atoms with van der Waals surface area (Å²) < 4.78 is 13.7. The average molecular weight is 669 g/mol. The molecule has 0 aromatic carbocycles. The van der Waals surface area contributed by atoms with Gasteiger partial charge in [0.05, 0.1) is 31.8 Å². The molecule has 6 rings (SSSR count). The van der Waals surface area contributed by atoms with Crippen LogP contribution in [0.4, 0.5) is 5.95 Å². The van der Waals surface area contributed by atoms with Crippen molar-refractivity contribution in [2.45, 2.75) is 125 Å². The molecule has 5 N–H and O–H groups in total. The molecule has 4 fully saturated rings. The minimum atomic E-state index is -0.623. The highest BCUT2D eigenvalue weighted by atomic mass is 16.5. The molecule has 0 amide bonds. The zero-order chi connectivity index (χ0) is 35.2. The number of allylic oxidation sites excluding steroid dienone is 1. The first-order valence-electron chi connectivity index (χ1n) is 18.8. The lowest BCUT2D eigenvalue weighted by Gasteiger charge is -2.69. The van der Waals surface area contributed by atoms with E-state index in [4.69, 9.17) is 20.9 Å². The number of hydrogen-bond acceptors (Lipinski definition) is 8. The number of tetrazole rings is 1. The van der Waals surface area contributed by atoms with Crippen LogP contribution in [0.1, 0.15) is 114 Å². The van der Waals surface area contributed by atoms with Crippen LogP contribution in [0, 0.1) is 69.0 Å². The lowest BCUT2D eigenvalue weighted by molar-refractivity contribution is -0.250. The van der Waals surface area contributed by atoms with Crippen molar-refractivity contribution in [3.05, 3.63) is 11.6 Å². The van der Waals surface area contributed by atoms with Gasteiger partial charge < -0.3 is 26.0 Å². The molecule has 1 aromatic rings. The molecule has 10 nitrogen and oxygen atoms in total. The van der Waals surface area contributed by atoms with E-state index in [1.807, 2.05) is 0 Å². The Balaban J connectivity index is 1.43. The molecule has 2 heterocycles. The summed E-state index contributed by atoms with van der Waals surface area (Å²) in [5.41, 5.74) is 13.0. The minimum Gasteiger partial charge on any atom is -0.481 e. The minimum absolute atomic E-state index is 0.0722. The molecule has 13 atom stereocenters. The zero-order valence-electron chi connectivity index (χ0n) is 31.3. The summed E-state index contributed by atoms with van der Waals surface area (Å²) in [5, 5.41) is 24.1. The molecule has 0 radical (unpaired) electrons. The van der Waals surface area contributed by atoms with Gasteiger partial charge >= 0.3 is 5.97 Å². The monoisotopic (exact) mass is 668 g/mol. The van der Waals surface area contributed by atoms with Crippen LogP contribution in [-0.2, 0) is 14.3 Å². The van der Waals surface area contributed by atoms with Gasteiger partial charge in [0.15, 0.2) is 0 Å². The van der Waals surface area contributed by atoms with Crippen molar-refractivity contribution in [1.82, 2.24) is 20.2 Å². The SMILES string of the molecule is CC(C)C[C@@](C)(N)CO[C@H]1[C@H](n2nnc(N)n2)C[C@@]23COC[C@]1(C)[C@@H]2CC[C@H]1C3=CC(C)[C@H]2[C@@H](C(=O)O)[C@@](C)([C@H](C)C(C)C)CC[C@@]12C. The Morgan fingerprint density at radius 1 is 1.15 bits per heavy atom. The number of ether oxygens (including phenoxy) is 2. The number of nitrogens with zero attached hydrogens (tertiary/aromatic N) is 4. The zero-order valence-corrected chi connectivity index (χ0v) is 31.3. The molecule has 4 aliphatic carbocycles. The summed E-state index contributed by atoms with van der Waals surface area (Å²) in [5.74, 6) is 1.19. The molecule has 270 valence electrons. The Hall–Kier alpha value is -2.04. The van der Waals surface area contributed by atoms with Crippen LogP contribution in [-0.4, -0.2) is 62.7 Å². The Morgan fingerprint density at radius 2 is 1.85 bits per heavy atom. The maximum absolute atomic E-state index is 13.4. The van der Waals surface area contributed by atoms with Crippen molar-refractivity contribution in [2.24, 2.45) is 74.7 Å². The lowest BCUT2D eigenvalue weighted by atomic mass is 9.37.